The number of piperidine rings is 1. The number of halogens is 1. The molecule has 1 saturated heterocycles. The van der Waals surface area contributed by atoms with Gasteiger partial charge in [-0.2, -0.15) is 0 Å². The zero-order valence-corrected chi connectivity index (χ0v) is 12.9. The van der Waals surface area contributed by atoms with Crippen molar-refractivity contribution in [2.24, 2.45) is 0 Å². The molecule has 1 aliphatic heterocycles. The van der Waals surface area contributed by atoms with E-state index in [9.17, 15) is 19.7 Å². The van der Waals surface area contributed by atoms with Crippen molar-refractivity contribution in [2.75, 3.05) is 7.05 Å². The molecule has 0 aliphatic carbocycles. The molecule has 2 amide bonds. The molecule has 2 rings (SSSR count). The van der Waals surface area contributed by atoms with Crippen LogP contribution in [0.5, 0.6) is 0 Å². The van der Waals surface area contributed by atoms with Gasteiger partial charge in [0.15, 0.2) is 0 Å². The van der Waals surface area contributed by atoms with Gasteiger partial charge in [-0.1, -0.05) is 12.1 Å². The number of carbonyl (C=O) groups is 2. The Kier molecular flexibility index (Phi) is 4.69. The fourth-order valence-electron chi connectivity index (χ4n) is 2.18. The molecule has 0 saturated carbocycles. The highest BCUT2D eigenvalue weighted by Crippen LogP contribution is 2.28. The number of hydrogen-bond donors (Lipinski definition) is 1. The number of likely N-dealkylation sites (N-methyl/N-ethyl adjacent to an activating group) is 1. The third-order valence-corrected chi connectivity index (χ3v) is 4.36. The summed E-state index contributed by atoms with van der Waals surface area (Å²) in [5, 5.41) is 13.9. The molecule has 1 aliphatic rings. The predicted molar refractivity (Wildman–Crippen MR) is 78.4 cm³/mol. The summed E-state index contributed by atoms with van der Waals surface area (Å²) in [6.07, 6.45) is 0.755. The second kappa shape index (κ2) is 6.31. The first-order chi connectivity index (χ1) is 9.91. The average molecular weight is 356 g/mol. The van der Waals surface area contributed by atoms with E-state index < -0.39 is 11.0 Å². The number of hydrogen-bond acceptors (Lipinski definition) is 5. The molecule has 1 unspecified atom stereocenters. The summed E-state index contributed by atoms with van der Waals surface area (Å²) in [5.74, 6) is -0.456. The van der Waals surface area contributed by atoms with Crippen LogP contribution < -0.4 is 5.32 Å². The Morgan fingerprint density at radius 3 is 2.86 bits per heavy atom. The summed E-state index contributed by atoms with van der Waals surface area (Å²) in [4.78, 5) is 34.8. The molecule has 21 heavy (non-hydrogen) atoms. The maximum atomic E-state index is 11.9. The van der Waals surface area contributed by atoms with Gasteiger partial charge in [-0.3, -0.25) is 24.6 Å². The van der Waals surface area contributed by atoms with Crippen LogP contribution in [0, 0.1) is 10.1 Å². The van der Waals surface area contributed by atoms with Crippen LogP contribution in [-0.4, -0.2) is 34.7 Å². The van der Waals surface area contributed by atoms with E-state index in [1.54, 1.807) is 12.1 Å². The lowest BCUT2D eigenvalue weighted by atomic mass is 10.0. The molecule has 1 aromatic carbocycles. The average Bonchev–Trinajstić information content (AvgIpc) is 2.45. The summed E-state index contributed by atoms with van der Waals surface area (Å²) < 4.78 is 0.398. The number of rotatable bonds is 4. The largest absolute Gasteiger partial charge is 0.302 e. The van der Waals surface area contributed by atoms with Crippen molar-refractivity contribution in [2.45, 2.75) is 25.4 Å². The van der Waals surface area contributed by atoms with Crippen molar-refractivity contribution in [3.8, 4) is 0 Å². The van der Waals surface area contributed by atoms with Gasteiger partial charge in [0.25, 0.3) is 5.69 Å². The van der Waals surface area contributed by atoms with Crippen molar-refractivity contribution in [1.82, 2.24) is 10.2 Å². The first-order valence-corrected chi connectivity index (χ1v) is 7.16. The summed E-state index contributed by atoms with van der Waals surface area (Å²) in [7, 11) is 1.46. The number of imide groups is 1. The lowest BCUT2D eigenvalue weighted by Gasteiger charge is -2.28. The van der Waals surface area contributed by atoms with E-state index in [0.29, 0.717) is 29.4 Å². The normalized spacial score (nSPS) is 19.0. The maximum absolute atomic E-state index is 11.9. The Labute approximate surface area is 129 Å². The van der Waals surface area contributed by atoms with Gasteiger partial charge < -0.3 is 5.32 Å². The Bertz CT molecular complexity index is 605. The number of amides is 2. The molecule has 0 bridgehead atoms. The third kappa shape index (κ3) is 3.27. The van der Waals surface area contributed by atoms with Gasteiger partial charge in [0.1, 0.15) is 0 Å². The van der Waals surface area contributed by atoms with E-state index in [2.05, 4.69) is 21.2 Å². The minimum Gasteiger partial charge on any atom is -0.302 e. The molecule has 0 aromatic heterocycles. The first kappa shape index (κ1) is 15.6. The summed E-state index contributed by atoms with van der Waals surface area (Å²) in [6, 6.07) is 4.30. The lowest BCUT2D eigenvalue weighted by Crippen LogP contribution is -2.51. The maximum Gasteiger partial charge on any atom is 0.283 e. The minimum atomic E-state index is -0.466. The van der Waals surface area contributed by atoms with Gasteiger partial charge in [0, 0.05) is 26.1 Å². The molecule has 1 aromatic rings. The van der Waals surface area contributed by atoms with Crippen LogP contribution in [-0.2, 0) is 16.1 Å². The molecular formula is C13H14BrN3O4. The Morgan fingerprint density at radius 1 is 1.48 bits per heavy atom. The monoisotopic (exact) mass is 355 g/mol. The number of carbonyl (C=O) groups excluding carboxylic acids is 2. The molecule has 0 spiro atoms. The topological polar surface area (TPSA) is 92.6 Å². The molecular weight excluding hydrogens is 342 g/mol. The van der Waals surface area contributed by atoms with Gasteiger partial charge in [0.2, 0.25) is 11.8 Å². The van der Waals surface area contributed by atoms with Gasteiger partial charge in [-0.25, -0.2) is 0 Å². The first-order valence-electron chi connectivity index (χ1n) is 6.37. The summed E-state index contributed by atoms with van der Waals surface area (Å²) in [5.41, 5.74) is 0.674. The third-order valence-electron chi connectivity index (χ3n) is 3.44. The van der Waals surface area contributed by atoms with Crippen LogP contribution in [0.4, 0.5) is 5.69 Å². The lowest BCUT2D eigenvalue weighted by molar-refractivity contribution is -0.385. The minimum absolute atomic E-state index is 0.0171. The van der Waals surface area contributed by atoms with Crippen molar-refractivity contribution in [1.29, 1.82) is 0 Å². The molecule has 8 heteroatoms. The van der Waals surface area contributed by atoms with E-state index in [1.807, 2.05) is 0 Å². The number of likely N-dealkylation sites (tertiary alicyclic amines) is 1. The number of nitrogens with one attached hydrogen (secondary N) is 1. The van der Waals surface area contributed by atoms with Crippen LogP contribution in [0.25, 0.3) is 0 Å². The van der Waals surface area contributed by atoms with Crippen molar-refractivity contribution < 1.29 is 14.5 Å². The fraction of sp³-hybridized carbons (Fsp3) is 0.385. The number of benzene rings is 1. The SMILES string of the molecule is CN1C(=O)CCC(NCc2cccc([N+](=O)[O-])c2Br)C1=O. The molecule has 1 fully saturated rings. The van der Waals surface area contributed by atoms with Crippen molar-refractivity contribution in [3.05, 3.63) is 38.3 Å². The van der Waals surface area contributed by atoms with E-state index in [0.717, 1.165) is 4.90 Å². The number of nitro benzene ring substituents is 1. The van der Waals surface area contributed by atoms with Gasteiger partial charge >= 0.3 is 0 Å². The molecule has 1 atom stereocenters. The van der Waals surface area contributed by atoms with Gasteiger partial charge in [0.05, 0.1) is 15.4 Å². The fourth-order valence-corrected chi connectivity index (χ4v) is 2.73. The predicted octanol–water partition coefficient (Wildman–Crippen LogP) is 1.59. The number of nitro groups is 1. The zero-order valence-electron chi connectivity index (χ0n) is 11.3. The summed E-state index contributed by atoms with van der Waals surface area (Å²) in [6.45, 7) is 0.306. The Balaban J connectivity index is 2.07. The van der Waals surface area contributed by atoms with Crippen LogP contribution in [0.1, 0.15) is 18.4 Å². The van der Waals surface area contributed by atoms with Crippen LogP contribution in [0.15, 0.2) is 22.7 Å². The second-order valence-electron chi connectivity index (χ2n) is 4.77. The molecule has 1 heterocycles. The molecule has 112 valence electrons. The zero-order chi connectivity index (χ0) is 15.6. The van der Waals surface area contributed by atoms with E-state index in [-0.39, 0.29) is 17.5 Å². The van der Waals surface area contributed by atoms with Gasteiger partial charge in [-0.05, 0) is 27.9 Å². The smallest absolute Gasteiger partial charge is 0.283 e. The Morgan fingerprint density at radius 2 is 2.19 bits per heavy atom. The van der Waals surface area contributed by atoms with Crippen molar-refractivity contribution in [3.63, 3.8) is 0 Å². The number of nitrogens with zero attached hydrogens (tertiary/aromatic N) is 2. The van der Waals surface area contributed by atoms with Crippen LogP contribution >= 0.6 is 15.9 Å². The highest BCUT2D eigenvalue weighted by molar-refractivity contribution is 9.10. The molecule has 7 nitrogen and oxygen atoms in total. The van der Waals surface area contributed by atoms with E-state index in [4.69, 9.17) is 0 Å². The van der Waals surface area contributed by atoms with E-state index >= 15 is 0 Å². The van der Waals surface area contributed by atoms with E-state index in [1.165, 1.54) is 13.1 Å². The molecule has 0 radical (unpaired) electrons. The standard InChI is InChI=1S/C13H14BrN3O4/c1-16-11(18)6-5-9(13(16)19)15-7-8-3-2-4-10(12(8)14)17(20)21/h2-4,9,15H,5-7H2,1H3. The second-order valence-corrected chi connectivity index (χ2v) is 5.56. The summed E-state index contributed by atoms with van der Waals surface area (Å²) >= 11 is 3.21. The highest BCUT2D eigenvalue weighted by Gasteiger charge is 2.31. The van der Waals surface area contributed by atoms with Crippen molar-refractivity contribution >= 4 is 33.4 Å². The quantitative estimate of drug-likeness (QED) is 0.503. The van der Waals surface area contributed by atoms with Gasteiger partial charge in [-0.15, -0.1) is 0 Å². The highest BCUT2D eigenvalue weighted by atomic mass is 79.9. The van der Waals surface area contributed by atoms with Crippen LogP contribution in [0.3, 0.4) is 0 Å². The molecule has 1 N–H and O–H groups in total. The Hall–Kier alpha value is -1.80. The van der Waals surface area contributed by atoms with Crippen LogP contribution in [0.2, 0.25) is 0 Å².